The van der Waals surface area contributed by atoms with Crippen molar-refractivity contribution in [1.82, 2.24) is 4.72 Å². The van der Waals surface area contributed by atoms with Crippen molar-refractivity contribution in [2.45, 2.75) is 36.3 Å². The van der Waals surface area contributed by atoms with E-state index >= 15 is 0 Å². The molecule has 28 heavy (non-hydrogen) atoms. The number of hydrogen-bond donors (Lipinski definition) is 3. The van der Waals surface area contributed by atoms with Crippen LogP contribution in [0.5, 0.6) is 5.75 Å². The van der Waals surface area contributed by atoms with Gasteiger partial charge in [-0.15, -0.1) is 0 Å². The summed E-state index contributed by atoms with van der Waals surface area (Å²) in [6.07, 6.45) is 1.16. The summed E-state index contributed by atoms with van der Waals surface area (Å²) in [7, 11) is -2.52. The maximum Gasteiger partial charge on any atom is 0.259 e. The van der Waals surface area contributed by atoms with Crippen molar-refractivity contribution in [3.8, 4) is 5.75 Å². The summed E-state index contributed by atoms with van der Waals surface area (Å²) in [5.41, 5.74) is 0.453. The van der Waals surface area contributed by atoms with Crippen LogP contribution in [0.25, 0.3) is 0 Å². The molecule has 2 aromatic rings. The molecule has 3 N–H and O–H groups in total. The molecule has 0 aliphatic heterocycles. The van der Waals surface area contributed by atoms with Crippen LogP contribution in [0.1, 0.15) is 29.6 Å². The molecule has 2 atom stereocenters. The molecule has 7 nitrogen and oxygen atoms in total. The van der Waals surface area contributed by atoms with E-state index in [4.69, 9.17) is 16.3 Å². The van der Waals surface area contributed by atoms with E-state index in [1.165, 1.54) is 25.3 Å². The van der Waals surface area contributed by atoms with Crippen LogP contribution in [0.2, 0.25) is 5.02 Å². The Labute approximate surface area is 168 Å². The topological polar surface area (TPSA) is 105 Å². The fourth-order valence-electron chi connectivity index (χ4n) is 3.13. The summed E-state index contributed by atoms with van der Waals surface area (Å²) in [5, 5.41) is 12.9. The standard InChI is InChI=1S/C19H21ClN2O5S/c1-27-18-10-9-12(28(25,26)22-16-7-4-8-17(16)23)11-13(18)19(24)21-15-6-3-2-5-14(15)20/h2-3,5-6,9-11,16-17,22-23H,4,7-8H2,1H3,(H,21,24)/t16-,17+/m0/s1. The molecule has 1 amide bonds. The molecule has 0 aromatic heterocycles. The molecule has 0 heterocycles. The lowest BCUT2D eigenvalue weighted by Crippen LogP contribution is -2.39. The number of ether oxygens (including phenoxy) is 1. The molecule has 2 aromatic carbocycles. The first kappa shape index (κ1) is 20.6. The Morgan fingerprint density at radius 3 is 2.61 bits per heavy atom. The molecular formula is C19H21ClN2O5S. The molecule has 1 aliphatic carbocycles. The second-order valence-corrected chi connectivity index (χ2v) is 8.64. The summed E-state index contributed by atoms with van der Waals surface area (Å²) in [5.74, 6) is -0.327. The van der Waals surface area contributed by atoms with Crippen LogP contribution in [0.15, 0.2) is 47.4 Å². The second-order valence-electron chi connectivity index (χ2n) is 6.52. The quantitative estimate of drug-likeness (QED) is 0.661. The molecule has 1 saturated carbocycles. The lowest BCUT2D eigenvalue weighted by Gasteiger charge is -2.17. The van der Waals surface area contributed by atoms with Crippen molar-refractivity contribution in [3.63, 3.8) is 0 Å². The van der Waals surface area contributed by atoms with E-state index in [1.807, 2.05) is 0 Å². The highest BCUT2D eigenvalue weighted by Crippen LogP contribution is 2.27. The smallest absolute Gasteiger partial charge is 0.259 e. The summed E-state index contributed by atoms with van der Waals surface area (Å²) >= 11 is 6.07. The van der Waals surface area contributed by atoms with Crippen LogP contribution in [-0.2, 0) is 10.0 Å². The van der Waals surface area contributed by atoms with Gasteiger partial charge in [0.05, 0.1) is 34.4 Å². The Balaban J connectivity index is 1.89. The van der Waals surface area contributed by atoms with Gasteiger partial charge in [-0.1, -0.05) is 23.7 Å². The number of aliphatic hydroxyl groups is 1. The number of aliphatic hydroxyl groups excluding tert-OH is 1. The van der Waals surface area contributed by atoms with Crippen LogP contribution in [0.3, 0.4) is 0 Å². The van der Waals surface area contributed by atoms with E-state index in [-0.39, 0.29) is 16.2 Å². The molecule has 9 heteroatoms. The minimum Gasteiger partial charge on any atom is -0.496 e. The molecule has 0 spiro atoms. The minimum atomic E-state index is -3.91. The van der Waals surface area contributed by atoms with Gasteiger partial charge in [0.2, 0.25) is 10.0 Å². The average Bonchev–Trinajstić information content (AvgIpc) is 3.07. The summed E-state index contributed by atoms with van der Waals surface area (Å²) in [6, 6.07) is 10.2. The van der Waals surface area contributed by atoms with Gasteiger partial charge in [0.1, 0.15) is 5.75 Å². The third-order valence-corrected chi connectivity index (χ3v) is 6.45. The Hall–Kier alpha value is -2.13. The zero-order valence-corrected chi connectivity index (χ0v) is 16.8. The van der Waals surface area contributed by atoms with E-state index in [9.17, 15) is 18.3 Å². The van der Waals surface area contributed by atoms with Gasteiger partial charge < -0.3 is 15.2 Å². The molecule has 1 fully saturated rings. The van der Waals surface area contributed by atoms with Gasteiger partial charge in [-0.25, -0.2) is 13.1 Å². The number of para-hydroxylation sites is 1. The van der Waals surface area contributed by atoms with Crippen LogP contribution in [0.4, 0.5) is 5.69 Å². The van der Waals surface area contributed by atoms with Crippen LogP contribution < -0.4 is 14.8 Å². The number of amides is 1. The zero-order chi connectivity index (χ0) is 20.3. The molecule has 0 radical (unpaired) electrons. The summed E-state index contributed by atoms with van der Waals surface area (Å²) in [6.45, 7) is 0. The Bertz CT molecular complexity index is 980. The number of methoxy groups -OCH3 is 1. The maximum atomic E-state index is 12.7. The fraction of sp³-hybridized carbons (Fsp3) is 0.316. The second kappa shape index (κ2) is 8.48. The Morgan fingerprint density at radius 1 is 1.21 bits per heavy atom. The van der Waals surface area contributed by atoms with Crippen molar-refractivity contribution >= 4 is 33.2 Å². The van der Waals surface area contributed by atoms with E-state index in [2.05, 4.69) is 10.0 Å². The molecule has 0 bridgehead atoms. The Morgan fingerprint density at radius 2 is 1.96 bits per heavy atom. The van der Waals surface area contributed by atoms with Crippen molar-refractivity contribution in [2.75, 3.05) is 12.4 Å². The predicted octanol–water partition coefficient (Wildman–Crippen LogP) is 2.79. The molecule has 0 saturated heterocycles. The van der Waals surface area contributed by atoms with E-state index in [0.29, 0.717) is 23.6 Å². The van der Waals surface area contributed by atoms with E-state index in [0.717, 1.165) is 6.42 Å². The highest BCUT2D eigenvalue weighted by Gasteiger charge is 2.30. The van der Waals surface area contributed by atoms with Gasteiger partial charge in [-0.3, -0.25) is 4.79 Å². The van der Waals surface area contributed by atoms with Gasteiger partial charge in [0.15, 0.2) is 0 Å². The highest BCUT2D eigenvalue weighted by atomic mass is 35.5. The van der Waals surface area contributed by atoms with Crippen LogP contribution in [0, 0.1) is 0 Å². The first-order valence-electron chi connectivity index (χ1n) is 8.76. The van der Waals surface area contributed by atoms with Gasteiger partial charge in [-0.2, -0.15) is 0 Å². The number of sulfonamides is 1. The fourth-order valence-corrected chi connectivity index (χ4v) is 4.64. The number of carbonyl (C=O) groups is 1. The highest BCUT2D eigenvalue weighted by molar-refractivity contribution is 7.89. The SMILES string of the molecule is COc1ccc(S(=O)(=O)N[C@H]2CCC[C@H]2O)cc1C(=O)Nc1ccccc1Cl. The van der Waals surface area contributed by atoms with Crippen molar-refractivity contribution < 1.29 is 23.1 Å². The Kier molecular flexibility index (Phi) is 6.24. The lowest BCUT2D eigenvalue weighted by molar-refractivity contribution is 0.102. The van der Waals surface area contributed by atoms with Crippen LogP contribution >= 0.6 is 11.6 Å². The van der Waals surface area contributed by atoms with E-state index < -0.39 is 28.1 Å². The number of rotatable bonds is 6. The number of benzene rings is 2. The largest absolute Gasteiger partial charge is 0.496 e. The monoisotopic (exact) mass is 424 g/mol. The van der Waals surface area contributed by atoms with Gasteiger partial charge in [0.25, 0.3) is 5.91 Å². The van der Waals surface area contributed by atoms with Crippen molar-refractivity contribution in [2.24, 2.45) is 0 Å². The average molecular weight is 425 g/mol. The van der Waals surface area contributed by atoms with Gasteiger partial charge >= 0.3 is 0 Å². The molecular weight excluding hydrogens is 404 g/mol. The lowest BCUT2D eigenvalue weighted by atomic mass is 10.2. The third-order valence-electron chi connectivity index (χ3n) is 4.63. The van der Waals surface area contributed by atoms with Crippen LogP contribution in [-0.4, -0.2) is 38.7 Å². The molecule has 150 valence electrons. The van der Waals surface area contributed by atoms with E-state index in [1.54, 1.807) is 24.3 Å². The predicted molar refractivity (Wildman–Crippen MR) is 106 cm³/mol. The molecule has 1 aliphatic rings. The minimum absolute atomic E-state index is 0.0530. The summed E-state index contributed by atoms with van der Waals surface area (Å²) in [4.78, 5) is 12.6. The normalized spacial score (nSPS) is 19.4. The first-order chi connectivity index (χ1) is 13.3. The number of carbonyl (C=O) groups excluding carboxylic acids is 1. The van der Waals surface area contributed by atoms with Crippen molar-refractivity contribution in [1.29, 1.82) is 0 Å². The van der Waals surface area contributed by atoms with Gasteiger partial charge in [-0.05, 0) is 49.6 Å². The van der Waals surface area contributed by atoms with Gasteiger partial charge in [0, 0.05) is 6.04 Å². The molecule has 3 rings (SSSR count). The maximum absolute atomic E-state index is 12.7. The first-order valence-corrected chi connectivity index (χ1v) is 10.6. The third kappa shape index (κ3) is 4.47. The zero-order valence-electron chi connectivity index (χ0n) is 15.2. The number of nitrogens with one attached hydrogen (secondary N) is 2. The number of halogens is 1. The number of anilines is 1. The molecule has 0 unspecified atom stereocenters. The van der Waals surface area contributed by atoms with Crippen molar-refractivity contribution in [3.05, 3.63) is 53.1 Å². The number of hydrogen-bond acceptors (Lipinski definition) is 5. The summed E-state index contributed by atoms with van der Waals surface area (Å²) < 4.78 is 33.1.